The largest absolute Gasteiger partial charge is 0.379 e. The average molecular weight is 409 g/mol. The van der Waals surface area contributed by atoms with Gasteiger partial charge in [-0.3, -0.25) is 9.69 Å². The van der Waals surface area contributed by atoms with E-state index in [9.17, 15) is 4.79 Å². The fourth-order valence-electron chi connectivity index (χ4n) is 3.35. The lowest BCUT2D eigenvalue weighted by atomic mass is 10.2. The van der Waals surface area contributed by atoms with Crippen LogP contribution in [0.5, 0.6) is 0 Å². The van der Waals surface area contributed by atoms with Crippen molar-refractivity contribution in [2.24, 2.45) is 0 Å². The first-order valence-electron chi connectivity index (χ1n) is 9.71. The first-order chi connectivity index (χ1) is 14.3. The third-order valence-electron chi connectivity index (χ3n) is 4.88. The lowest BCUT2D eigenvalue weighted by Gasteiger charge is -2.34. The number of carbonyl (C=O) groups excluding carboxylic acids is 1. The maximum absolute atomic E-state index is 12.4. The molecule has 29 heavy (non-hydrogen) atoms. The van der Waals surface area contributed by atoms with Crippen molar-refractivity contribution in [2.45, 2.75) is 6.04 Å². The van der Waals surface area contributed by atoms with Crippen LogP contribution in [0.1, 0.15) is 16.5 Å². The molecule has 0 bridgehead atoms. The number of nitrogens with zero attached hydrogens (tertiary/aromatic N) is 3. The number of benzene rings is 1. The molecule has 3 aromatic rings. The van der Waals surface area contributed by atoms with E-state index in [1.807, 2.05) is 36.5 Å². The van der Waals surface area contributed by atoms with Gasteiger partial charge in [-0.1, -0.05) is 24.3 Å². The van der Waals surface area contributed by atoms with Crippen molar-refractivity contribution in [3.63, 3.8) is 0 Å². The lowest BCUT2D eigenvalue weighted by Crippen LogP contribution is -2.43. The van der Waals surface area contributed by atoms with Crippen molar-refractivity contribution in [1.29, 1.82) is 0 Å². The van der Waals surface area contributed by atoms with Crippen LogP contribution in [-0.2, 0) is 9.53 Å². The molecule has 6 nitrogen and oxygen atoms in total. The third kappa shape index (κ3) is 5.20. The first kappa shape index (κ1) is 19.6. The summed E-state index contributed by atoms with van der Waals surface area (Å²) in [7, 11) is 0. The number of thiophene rings is 1. The van der Waals surface area contributed by atoms with Gasteiger partial charge in [-0.2, -0.15) is 5.10 Å². The summed E-state index contributed by atoms with van der Waals surface area (Å²) in [5.74, 6) is -0.104. The number of nitrogens with one attached hydrogen (secondary N) is 1. The molecule has 1 aliphatic rings. The van der Waals surface area contributed by atoms with E-state index in [-0.39, 0.29) is 11.9 Å². The second-order valence-electron chi connectivity index (χ2n) is 6.81. The third-order valence-corrected chi connectivity index (χ3v) is 5.85. The minimum Gasteiger partial charge on any atom is -0.379 e. The van der Waals surface area contributed by atoms with Crippen LogP contribution < -0.4 is 5.32 Å². The summed E-state index contributed by atoms with van der Waals surface area (Å²) >= 11 is 1.72. The van der Waals surface area contributed by atoms with Crippen molar-refractivity contribution < 1.29 is 9.53 Å². The molecule has 1 unspecified atom stereocenters. The summed E-state index contributed by atoms with van der Waals surface area (Å²) in [6, 6.07) is 14.3. The Balaban J connectivity index is 1.35. The van der Waals surface area contributed by atoms with E-state index in [2.05, 4.69) is 32.8 Å². The van der Waals surface area contributed by atoms with Crippen molar-refractivity contribution in [2.75, 3.05) is 32.8 Å². The van der Waals surface area contributed by atoms with Crippen molar-refractivity contribution in [3.8, 4) is 5.69 Å². The number of amides is 1. The zero-order valence-corrected chi connectivity index (χ0v) is 16.9. The quantitative estimate of drug-likeness (QED) is 0.610. The molecule has 0 radical (unpaired) electrons. The molecule has 1 amide bonds. The molecule has 1 saturated heterocycles. The van der Waals surface area contributed by atoms with Gasteiger partial charge in [0.2, 0.25) is 5.91 Å². The SMILES string of the molecule is O=C(C=Cc1cnn(-c2ccccc2)c1)NCC(c1cccs1)N1CCOCC1. The molecule has 2 aromatic heterocycles. The van der Waals surface area contributed by atoms with Gasteiger partial charge in [0.05, 0.1) is 31.1 Å². The zero-order valence-electron chi connectivity index (χ0n) is 16.1. The van der Waals surface area contributed by atoms with Crippen LogP contribution in [0.15, 0.2) is 66.3 Å². The second kappa shape index (κ2) is 9.65. The first-order valence-corrected chi connectivity index (χ1v) is 10.6. The predicted molar refractivity (Wildman–Crippen MR) is 115 cm³/mol. The van der Waals surface area contributed by atoms with Crippen molar-refractivity contribution in [1.82, 2.24) is 20.0 Å². The van der Waals surface area contributed by atoms with Gasteiger partial charge in [-0.05, 0) is 29.7 Å². The molecule has 0 aliphatic carbocycles. The average Bonchev–Trinajstić information content (AvgIpc) is 3.46. The molecule has 150 valence electrons. The van der Waals surface area contributed by atoms with E-state index in [1.165, 1.54) is 4.88 Å². The summed E-state index contributed by atoms with van der Waals surface area (Å²) < 4.78 is 7.26. The molecular weight excluding hydrogens is 384 g/mol. The van der Waals surface area contributed by atoms with Crippen LogP contribution in [0.2, 0.25) is 0 Å². The lowest BCUT2D eigenvalue weighted by molar-refractivity contribution is -0.116. The minimum absolute atomic E-state index is 0.104. The van der Waals surface area contributed by atoms with E-state index in [4.69, 9.17) is 4.74 Å². The highest BCUT2D eigenvalue weighted by Gasteiger charge is 2.23. The summed E-state index contributed by atoms with van der Waals surface area (Å²) in [4.78, 5) is 16.0. The van der Waals surface area contributed by atoms with Gasteiger partial charge in [0, 0.05) is 42.3 Å². The van der Waals surface area contributed by atoms with Crippen LogP contribution in [0.3, 0.4) is 0 Å². The second-order valence-corrected chi connectivity index (χ2v) is 7.79. The van der Waals surface area contributed by atoms with Gasteiger partial charge < -0.3 is 10.1 Å². The van der Waals surface area contributed by atoms with Crippen molar-refractivity contribution in [3.05, 3.63) is 76.8 Å². The summed E-state index contributed by atoms with van der Waals surface area (Å²) in [5.41, 5.74) is 1.87. The number of rotatable bonds is 7. The van der Waals surface area contributed by atoms with Gasteiger partial charge >= 0.3 is 0 Å². The number of hydrogen-bond acceptors (Lipinski definition) is 5. The zero-order chi connectivity index (χ0) is 19.9. The summed E-state index contributed by atoms with van der Waals surface area (Å²) in [6.45, 7) is 3.81. The molecule has 4 rings (SSSR count). The standard InChI is InChI=1S/C22H24N4O2S/c27-22(9-8-18-15-24-26(17-18)19-5-2-1-3-6-19)23-16-20(21-7-4-14-29-21)25-10-12-28-13-11-25/h1-9,14-15,17,20H,10-13,16H2,(H,23,27). The molecule has 1 fully saturated rings. The van der Waals surface area contributed by atoms with Crippen LogP contribution in [0, 0.1) is 0 Å². The Morgan fingerprint density at radius 3 is 2.79 bits per heavy atom. The highest BCUT2D eigenvalue weighted by molar-refractivity contribution is 7.10. The van der Waals surface area contributed by atoms with Gasteiger partial charge in [0.1, 0.15) is 0 Å². The summed E-state index contributed by atoms with van der Waals surface area (Å²) in [5, 5.41) is 9.48. The van der Waals surface area contributed by atoms with E-state index < -0.39 is 0 Å². The highest BCUT2D eigenvalue weighted by atomic mass is 32.1. The van der Waals surface area contributed by atoms with Crippen LogP contribution in [-0.4, -0.2) is 53.4 Å². The molecule has 0 spiro atoms. The number of ether oxygens (including phenoxy) is 1. The molecular formula is C22H24N4O2S. The molecule has 3 heterocycles. The van der Waals surface area contributed by atoms with Crippen LogP contribution in [0.4, 0.5) is 0 Å². The van der Waals surface area contributed by atoms with Gasteiger partial charge in [-0.25, -0.2) is 4.68 Å². The minimum atomic E-state index is -0.104. The van der Waals surface area contributed by atoms with Crippen LogP contribution >= 0.6 is 11.3 Å². The molecule has 0 saturated carbocycles. The van der Waals surface area contributed by atoms with E-state index >= 15 is 0 Å². The predicted octanol–water partition coefficient (Wildman–Crippen LogP) is 3.14. The Labute approximate surface area is 174 Å². The van der Waals surface area contributed by atoms with Gasteiger partial charge in [0.25, 0.3) is 0 Å². The number of morpholine rings is 1. The van der Waals surface area contributed by atoms with Gasteiger partial charge in [-0.15, -0.1) is 11.3 Å². The Bertz CT molecular complexity index is 931. The number of hydrogen-bond donors (Lipinski definition) is 1. The Hall–Kier alpha value is -2.74. The molecule has 1 atom stereocenters. The fourth-order valence-corrected chi connectivity index (χ4v) is 4.21. The monoisotopic (exact) mass is 408 g/mol. The normalized spacial score (nSPS) is 16.1. The van der Waals surface area contributed by atoms with Crippen LogP contribution in [0.25, 0.3) is 11.8 Å². The Kier molecular flexibility index (Phi) is 6.51. The topological polar surface area (TPSA) is 59.4 Å². The maximum Gasteiger partial charge on any atom is 0.244 e. The Morgan fingerprint density at radius 1 is 1.21 bits per heavy atom. The molecule has 1 aliphatic heterocycles. The molecule has 1 aromatic carbocycles. The Morgan fingerprint density at radius 2 is 2.03 bits per heavy atom. The molecule has 7 heteroatoms. The number of carbonyl (C=O) groups is 1. The van der Waals surface area contributed by atoms with Gasteiger partial charge in [0.15, 0.2) is 0 Å². The number of para-hydroxylation sites is 1. The van der Waals surface area contributed by atoms with Crippen molar-refractivity contribution >= 4 is 23.3 Å². The van der Waals surface area contributed by atoms with E-state index in [1.54, 1.807) is 34.4 Å². The smallest absolute Gasteiger partial charge is 0.244 e. The fraction of sp³-hybridized carbons (Fsp3) is 0.273. The highest BCUT2D eigenvalue weighted by Crippen LogP contribution is 2.25. The maximum atomic E-state index is 12.4. The van der Waals surface area contributed by atoms with E-state index in [0.717, 1.165) is 37.6 Å². The summed E-state index contributed by atoms with van der Waals surface area (Å²) in [6.07, 6.45) is 7.01. The number of aromatic nitrogens is 2. The van der Waals surface area contributed by atoms with E-state index in [0.29, 0.717) is 6.54 Å². The molecule has 1 N–H and O–H groups in total.